The zero-order valence-corrected chi connectivity index (χ0v) is 12.8. The van der Waals surface area contributed by atoms with Crippen LogP contribution in [-0.2, 0) is 19.4 Å². The number of nitrogens with one attached hydrogen (secondary N) is 3. The Bertz CT molecular complexity index is 877. The minimum absolute atomic E-state index is 0.126. The van der Waals surface area contributed by atoms with Crippen LogP contribution in [0.25, 0.3) is 11.3 Å². The van der Waals surface area contributed by atoms with Crippen molar-refractivity contribution >= 4 is 5.91 Å². The van der Waals surface area contributed by atoms with Gasteiger partial charge in [-0.05, 0) is 25.3 Å². The van der Waals surface area contributed by atoms with E-state index >= 15 is 0 Å². The number of benzene rings is 1. The van der Waals surface area contributed by atoms with Crippen LogP contribution in [0.2, 0.25) is 0 Å². The second-order valence-corrected chi connectivity index (χ2v) is 5.79. The predicted molar refractivity (Wildman–Crippen MR) is 85.9 cm³/mol. The van der Waals surface area contributed by atoms with Crippen LogP contribution in [0.5, 0.6) is 0 Å². The van der Waals surface area contributed by atoms with Gasteiger partial charge in [-0.15, -0.1) is 0 Å². The van der Waals surface area contributed by atoms with Gasteiger partial charge in [-0.25, -0.2) is 0 Å². The highest BCUT2D eigenvalue weighted by atomic mass is 16.1. The van der Waals surface area contributed by atoms with Gasteiger partial charge in [0.05, 0.1) is 11.9 Å². The molecule has 0 aliphatic heterocycles. The van der Waals surface area contributed by atoms with Crippen molar-refractivity contribution < 1.29 is 4.79 Å². The normalized spacial score (nSPS) is 12.6. The van der Waals surface area contributed by atoms with Crippen LogP contribution in [0.3, 0.4) is 0 Å². The van der Waals surface area contributed by atoms with Crippen molar-refractivity contribution in [3.8, 4) is 11.3 Å². The van der Waals surface area contributed by atoms with Crippen molar-refractivity contribution in [1.82, 2.24) is 25.7 Å². The summed E-state index contributed by atoms with van der Waals surface area (Å²) in [5, 5.41) is 17.1. The smallest absolute Gasteiger partial charge is 0.269 e. The van der Waals surface area contributed by atoms with E-state index in [4.69, 9.17) is 0 Å². The van der Waals surface area contributed by atoms with Crippen molar-refractivity contribution in [1.29, 1.82) is 0 Å². The summed E-state index contributed by atoms with van der Waals surface area (Å²) in [7, 11) is 0. The molecule has 0 radical (unpaired) electrons. The van der Waals surface area contributed by atoms with Gasteiger partial charge in [-0.3, -0.25) is 15.0 Å². The van der Waals surface area contributed by atoms with Gasteiger partial charge in [0.15, 0.2) is 0 Å². The third-order valence-electron chi connectivity index (χ3n) is 4.38. The quantitative estimate of drug-likeness (QED) is 0.693. The molecule has 0 saturated heterocycles. The average molecular weight is 307 g/mol. The van der Waals surface area contributed by atoms with E-state index in [-0.39, 0.29) is 5.91 Å². The second kappa shape index (κ2) is 5.39. The van der Waals surface area contributed by atoms with Crippen LogP contribution < -0.4 is 5.32 Å². The van der Waals surface area contributed by atoms with Gasteiger partial charge in [0.25, 0.3) is 5.91 Å². The molecule has 0 fully saturated rings. The maximum atomic E-state index is 12.5. The molecular formula is C17H17N5O. The van der Waals surface area contributed by atoms with Gasteiger partial charge in [0.1, 0.15) is 5.69 Å². The summed E-state index contributed by atoms with van der Waals surface area (Å²) >= 11 is 0. The Morgan fingerprint density at radius 2 is 2.13 bits per heavy atom. The Labute approximate surface area is 133 Å². The molecule has 2 heterocycles. The molecule has 0 spiro atoms. The van der Waals surface area contributed by atoms with E-state index in [0.29, 0.717) is 12.2 Å². The molecule has 0 bridgehead atoms. The van der Waals surface area contributed by atoms with Gasteiger partial charge in [-0.1, -0.05) is 24.3 Å². The van der Waals surface area contributed by atoms with Crippen LogP contribution in [0.4, 0.5) is 0 Å². The van der Waals surface area contributed by atoms with Crippen molar-refractivity contribution in [2.75, 3.05) is 0 Å². The average Bonchev–Trinajstić information content (AvgIpc) is 3.19. The predicted octanol–water partition coefficient (Wildman–Crippen LogP) is 2.14. The molecule has 116 valence electrons. The van der Waals surface area contributed by atoms with Crippen molar-refractivity contribution in [2.24, 2.45) is 0 Å². The van der Waals surface area contributed by atoms with E-state index in [2.05, 4.69) is 37.8 Å². The van der Waals surface area contributed by atoms with Gasteiger partial charge < -0.3 is 5.32 Å². The molecule has 0 atom stereocenters. The Balaban J connectivity index is 1.58. The standard InChI is InChI=1S/C17H17N5O/c1-10-12(9-19-20-10)8-18-17(23)16-14-7-6-11-4-2-3-5-13(11)15(14)21-22-16/h2-5,9H,6-8H2,1H3,(H,18,23)(H,19,20)(H,21,22). The van der Waals surface area contributed by atoms with E-state index in [9.17, 15) is 4.79 Å². The van der Waals surface area contributed by atoms with E-state index in [1.54, 1.807) is 6.20 Å². The number of carbonyl (C=O) groups is 1. The first-order chi connectivity index (χ1) is 11.2. The van der Waals surface area contributed by atoms with Crippen LogP contribution >= 0.6 is 0 Å². The number of amides is 1. The summed E-state index contributed by atoms with van der Waals surface area (Å²) in [5.41, 5.74) is 6.82. The summed E-state index contributed by atoms with van der Waals surface area (Å²) in [6.07, 6.45) is 3.49. The monoisotopic (exact) mass is 307 g/mol. The zero-order chi connectivity index (χ0) is 15.8. The first kappa shape index (κ1) is 13.8. The van der Waals surface area contributed by atoms with Crippen LogP contribution in [0.15, 0.2) is 30.5 Å². The first-order valence-electron chi connectivity index (χ1n) is 7.66. The lowest BCUT2D eigenvalue weighted by molar-refractivity contribution is 0.0945. The second-order valence-electron chi connectivity index (χ2n) is 5.79. The van der Waals surface area contributed by atoms with E-state index in [1.165, 1.54) is 5.56 Å². The lowest BCUT2D eigenvalue weighted by Gasteiger charge is -2.15. The Kier molecular flexibility index (Phi) is 3.22. The number of H-pyrrole nitrogens is 2. The number of carbonyl (C=O) groups excluding carboxylic acids is 1. The van der Waals surface area contributed by atoms with Crippen LogP contribution in [0.1, 0.15) is 32.9 Å². The van der Waals surface area contributed by atoms with Gasteiger partial charge in [0.2, 0.25) is 0 Å². The molecule has 4 rings (SSSR count). The van der Waals surface area contributed by atoms with Crippen LogP contribution in [-0.4, -0.2) is 26.3 Å². The molecule has 1 aliphatic rings. The first-order valence-corrected chi connectivity index (χ1v) is 7.66. The summed E-state index contributed by atoms with van der Waals surface area (Å²) in [6, 6.07) is 8.22. The molecule has 1 aromatic carbocycles. The van der Waals surface area contributed by atoms with Crippen molar-refractivity contribution in [3.05, 3.63) is 58.5 Å². The number of hydrogen-bond acceptors (Lipinski definition) is 3. The fourth-order valence-corrected chi connectivity index (χ4v) is 3.07. The lowest BCUT2D eigenvalue weighted by atomic mass is 9.89. The summed E-state index contributed by atoms with van der Waals surface area (Å²) in [6.45, 7) is 2.38. The number of nitrogens with zero attached hydrogens (tertiary/aromatic N) is 2. The maximum Gasteiger partial charge on any atom is 0.269 e. The number of rotatable bonds is 3. The minimum Gasteiger partial charge on any atom is -0.347 e. The highest BCUT2D eigenvalue weighted by molar-refractivity contribution is 5.96. The fraction of sp³-hybridized carbons (Fsp3) is 0.235. The van der Waals surface area contributed by atoms with Gasteiger partial charge in [-0.2, -0.15) is 10.2 Å². The molecule has 1 aliphatic carbocycles. The number of aromatic nitrogens is 4. The summed E-state index contributed by atoms with van der Waals surface area (Å²) in [5.74, 6) is -0.126. The molecular weight excluding hydrogens is 290 g/mol. The van der Waals surface area contributed by atoms with Gasteiger partial charge in [0, 0.05) is 28.9 Å². The molecule has 0 unspecified atom stereocenters. The fourth-order valence-electron chi connectivity index (χ4n) is 3.07. The van der Waals surface area contributed by atoms with Gasteiger partial charge >= 0.3 is 0 Å². The van der Waals surface area contributed by atoms with E-state index in [1.807, 2.05) is 19.1 Å². The number of hydrogen-bond donors (Lipinski definition) is 3. The van der Waals surface area contributed by atoms with Crippen molar-refractivity contribution in [3.63, 3.8) is 0 Å². The Morgan fingerprint density at radius 1 is 1.26 bits per heavy atom. The topological polar surface area (TPSA) is 86.5 Å². The van der Waals surface area contributed by atoms with E-state index in [0.717, 1.165) is 40.9 Å². The summed E-state index contributed by atoms with van der Waals surface area (Å²) in [4.78, 5) is 12.5. The highest BCUT2D eigenvalue weighted by Crippen LogP contribution is 2.33. The molecule has 3 N–H and O–H groups in total. The third kappa shape index (κ3) is 2.32. The molecule has 6 nitrogen and oxygen atoms in total. The maximum absolute atomic E-state index is 12.5. The number of aryl methyl sites for hydroxylation is 2. The molecule has 0 saturated carbocycles. The molecule has 1 amide bonds. The molecule has 2 aromatic heterocycles. The molecule has 3 aromatic rings. The molecule has 23 heavy (non-hydrogen) atoms. The minimum atomic E-state index is -0.126. The highest BCUT2D eigenvalue weighted by Gasteiger charge is 2.24. The Hall–Kier alpha value is -2.89. The Morgan fingerprint density at radius 3 is 2.96 bits per heavy atom. The SMILES string of the molecule is Cc1[nH]ncc1CNC(=O)c1[nH]nc2c1CCc1ccccc1-2. The van der Waals surface area contributed by atoms with Crippen molar-refractivity contribution in [2.45, 2.75) is 26.3 Å². The third-order valence-corrected chi connectivity index (χ3v) is 4.38. The number of fused-ring (bicyclic) bond motifs is 3. The number of aromatic amines is 2. The summed E-state index contributed by atoms with van der Waals surface area (Å²) < 4.78 is 0. The zero-order valence-electron chi connectivity index (χ0n) is 12.8. The van der Waals surface area contributed by atoms with Crippen LogP contribution in [0, 0.1) is 6.92 Å². The lowest BCUT2D eigenvalue weighted by Crippen LogP contribution is -2.24. The molecule has 6 heteroatoms. The van der Waals surface area contributed by atoms with E-state index < -0.39 is 0 Å². The largest absolute Gasteiger partial charge is 0.347 e.